The SMILES string of the molecule is Cc1nn(C)c(C)c1CCC(=O)N1CCOC(CO)C1. The Morgan fingerprint density at radius 3 is 2.85 bits per heavy atom. The van der Waals surface area contributed by atoms with E-state index in [4.69, 9.17) is 9.84 Å². The van der Waals surface area contributed by atoms with E-state index in [2.05, 4.69) is 5.10 Å². The van der Waals surface area contributed by atoms with Crippen LogP contribution in [0, 0.1) is 13.8 Å². The van der Waals surface area contributed by atoms with E-state index in [1.54, 1.807) is 4.90 Å². The van der Waals surface area contributed by atoms with Crippen molar-refractivity contribution in [3.05, 3.63) is 17.0 Å². The first-order valence-electron chi connectivity index (χ1n) is 7.02. The molecule has 1 saturated heterocycles. The van der Waals surface area contributed by atoms with Gasteiger partial charge in [-0.1, -0.05) is 0 Å². The second-order valence-corrected chi connectivity index (χ2v) is 5.29. The quantitative estimate of drug-likeness (QED) is 0.855. The number of hydrogen-bond donors (Lipinski definition) is 1. The minimum absolute atomic E-state index is 0.0371. The van der Waals surface area contributed by atoms with Gasteiger partial charge in [-0.05, 0) is 25.8 Å². The Bertz CT molecular complexity index is 484. The molecular formula is C14H23N3O3. The summed E-state index contributed by atoms with van der Waals surface area (Å²) in [7, 11) is 1.92. The van der Waals surface area contributed by atoms with Gasteiger partial charge in [0.2, 0.25) is 5.91 Å². The molecule has 20 heavy (non-hydrogen) atoms. The lowest BCUT2D eigenvalue weighted by atomic mass is 10.1. The summed E-state index contributed by atoms with van der Waals surface area (Å²) in [6.07, 6.45) is 0.950. The number of aliphatic hydroxyl groups is 1. The van der Waals surface area contributed by atoms with E-state index in [0.717, 1.165) is 17.0 Å². The topological polar surface area (TPSA) is 67.6 Å². The van der Waals surface area contributed by atoms with Gasteiger partial charge in [-0.15, -0.1) is 0 Å². The summed E-state index contributed by atoms with van der Waals surface area (Å²) < 4.78 is 7.21. The normalized spacial score (nSPS) is 19.4. The highest BCUT2D eigenvalue weighted by atomic mass is 16.5. The van der Waals surface area contributed by atoms with Gasteiger partial charge in [-0.3, -0.25) is 9.48 Å². The van der Waals surface area contributed by atoms with Crippen LogP contribution in [-0.4, -0.2) is 58.1 Å². The number of nitrogens with zero attached hydrogens (tertiary/aromatic N) is 3. The monoisotopic (exact) mass is 281 g/mol. The molecule has 0 radical (unpaired) electrons. The van der Waals surface area contributed by atoms with Crippen LogP contribution in [0.5, 0.6) is 0 Å². The van der Waals surface area contributed by atoms with Crippen molar-refractivity contribution in [1.29, 1.82) is 0 Å². The molecule has 6 heteroatoms. The summed E-state index contributed by atoms with van der Waals surface area (Å²) in [5.41, 5.74) is 3.27. The molecular weight excluding hydrogens is 258 g/mol. The van der Waals surface area contributed by atoms with Gasteiger partial charge in [0, 0.05) is 32.3 Å². The Kier molecular flexibility index (Phi) is 4.77. The van der Waals surface area contributed by atoms with Gasteiger partial charge in [0.05, 0.1) is 25.0 Å². The van der Waals surface area contributed by atoms with E-state index in [1.165, 1.54) is 0 Å². The van der Waals surface area contributed by atoms with Crippen molar-refractivity contribution in [3.8, 4) is 0 Å². The fourth-order valence-electron chi connectivity index (χ4n) is 2.63. The molecule has 1 aromatic rings. The first-order valence-corrected chi connectivity index (χ1v) is 7.02. The number of ether oxygens (including phenoxy) is 1. The van der Waals surface area contributed by atoms with Gasteiger partial charge in [0.1, 0.15) is 0 Å². The smallest absolute Gasteiger partial charge is 0.223 e. The maximum Gasteiger partial charge on any atom is 0.223 e. The summed E-state index contributed by atoms with van der Waals surface area (Å²) in [4.78, 5) is 14.0. The van der Waals surface area contributed by atoms with Crippen molar-refractivity contribution >= 4 is 5.91 Å². The largest absolute Gasteiger partial charge is 0.394 e. The predicted molar refractivity (Wildman–Crippen MR) is 74.4 cm³/mol. The Labute approximate surface area is 119 Å². The first-order chi connectivity index (χ1) is 9.52. The van der Waals surface area contributed by atoms with Crippen LogP contribution in [-0.2, 0) is 23.0 Å². The molecule has 0 aliphatic carbocycles. The fourth-order valence-corrected chi connectivity index (χ4v) is 2.63. The third kappa shape index (κ3) is 3.19. The molecule has 2 rings (SSSR count). The van der Waals surface area contributed by atoms with Crippen molar-refractivity contribution in [2.24, 2.45) is 7.05 Å². The van der Waals surface area contributed by atoms with E-state index in [9.17, 15) is 4.79 Å². The zero-order valence-electron chi connectivity index (χ0n) is 12.4. The lowest BCUT2D eigenvalue weighted by molar-refractivity contribution is -0.140. The van der Waals surface area contributed by atoms with Crippen LogP contribution >= 0.6 is 0 Å². The average molecular weight is 281 g/mol. The molecule has 0 saturated carbocycles. The van der Waals surface area contributed by atoms with E-state index < -0.39 is 0 Å². The second kappa shape index (κ2) is 6.37. The molecule has 0 bridgehead atoms. The summed E-state index contributed by atoms with van der Waals surface area (Å²) in [5.74, 6) is 0.120. The number of morpholine rings is 1. The van der Waals surface area contributed by atoms with Gasteiger partial charge in [-0.25, -0.2) is 0 Å². The molecule has 1 N–H and O–H groups in total. The second-order valence-electron chi connectivity index (χ2n) is 5.29. The zero-order chi connectivity index (χ0) is 14.7. The van der Waals surface area contributed by atoms with Crippen LogP contribution in [0.15, 0.2) is 0 Å². The summed E-state index contributed by atoms with van der Waals surface area (Å²) in [6.45, 7) is 5.56. The zero-order valence-corrected chi connectivity index (χ0v) is 12.4. The molecule has 1 aromatic heterocycles. The molecule has 112 valence electrons. The van der Waals surface area contributed by atoms with E-state index in [0.29, 0.717) is 32.5 Å². The number of carbonyl (C=O) groups excluding carboxylic acids is 1. The maximum atomic E-state index is 12.2. The van der Waals surface area contributed by atoms with Crippen LogP contribution in [0.1, 0.15) is 23.4 Å². The highest BCUT2D eigenvalue weighted by molar-refractivity contribution is 5.76. The molecule has 1 atom stereocenters. The predicted octanol–water partition coefficient (Wildman–Crippen LogP) is 0.189. The third-order valence-corrected chi connectivity index (χ3v) is 3.94. The van der Waals surface area contributed by atoms with Crippen LogP contribution in [0.25, 0.3) is 0 Å². The summed E-state index contributed by atoms with van der Waals surface area (Å²) in [5, 5.41) is 13.5. The van der Waals surface area contributed by atoms with Crippen LogP contribution < -0.4 is 0 Å². The molecule has 2 heterocycles. The summed E-state index contributed by atoms with van der Waals surface area (Å²) in [6, 6.07) is 0. The van der Waals surface area contributed by atoms with Crippen LogP contribution in [0.3, 0.4) is 0 Å². The maximum absolute atomic E-state index is 12.2. The van der Waals surface area contributed by atoms with Gasteiger partial charge >= 0.3 is 0 Å². The Balaban J connectivity index is 1.91. The Morgan fingerprint density at radius 1 is 1.50 bits per heavy atom. The number of hydrogen-bond acceptors (Lipinski definition) is 4. The lowest BCUT2D eigenvalue weighted by Gasteiger charge is -2.32. The Morgan fingerprint density at radius 2 is 2.25 bits per heavy atom. The Hall–Kier alpha value is -1.40. The van der Waals surface area contributed by atoms with Crippen LogP contribution in [0.4, 0.5) is 0 Å². The fraction of sp³-hybridized carbons (Fsp3) is 0.714. The van der Waals surface area contributed by atoms with Crippen molar-refractivity contribution < 1.29 is 14.6 Å². The lowest BCUT2D eigenvalue weighted by Crippen LogP contribution is -2.46. The number of carbonyl (C=O) groups is 1. The highest BCUT2D eigenvalue weighted by Gasteiger charge is 2.23. The van der Waals surface area contributed by atoms with E-state index in [-0.39, 0.29) is 18.6 Å². The average Bonchev–Trinajstić information content (AvgIpc) is 2.70. The number of aliphatic hydroxyl groups excluding tert-OH is 1. The molecule has 0 spiro atoms. The van der Waals surface area contributed by atoms with Crippen LogP contribution in [0.2, 0.25) is 0 Å². The van der Waals surface area contributed by atoms with Crippen molar-refractivity contribution in [2.75, 3.05) is 26.3 Å². The van der Waals surface area contributed by atoms with Gasteiger partial charge in [0.15, 0.2) is 0 Å². The highest BCUT2D eigenvalue weighted by Crippen LogP contribution is 2.15. The van der Waals surface area contributed by atoms with Gasteiger partial charge in [-0.2, -0.15) is 5.10 Å². The van der Waals surface area contributed by atoms with Crippen molar-refractivity contribution in [1.82, 2.24) is 14.7 Å². The standard InChI is InChI=1S/C14H23N3O3/c1-10-13(11(2)16(3)15-10)4-5-14(19)17-6-7-20-12(8-17)9-18/h12,18H,4-9H2,1-3H3. The minimum atomic E-state index is -0.241. The number of aryl methyl sites for hydroxylation is 2. The van der Waals surface area contributed by atoms with Crippen molar-refractivity contribution in [2.45, 2.75) is 32.8 Å². The van der Waals surface area contributed by atoms with E-state index in [1.807, 2.05) is 25.6 Å². The molecule has 1 aliphatic heterocycles. The van der Waals surface area contributed by atoms with Gasteiger partial charge in [0.25, 0.3) is 0 Å². The number of amides is 1. The minimum Gasteiger partial charge on any atom is -0.394 e. The van der Waals surface area contributed by atoms with Gasteiger partial charge < -0.3 is 14.7 Å². The molecule has 1 aliphatic rings. The molecule has 1 amide bonds. The van der Waals surface area contributed by atoms with Crippen molar-refractivity contribution in [3.63, 3.8) is 0 Å². The van der Waals surface area contributed by atoms with E-state index >= 15 is 0 Å². The third-order valence-electron chi connectivity index (χ3n) is 3.94. The molecule has 0 aromatic carbocycles. The first kappa shape index (κ1) is 15.0. The molecule has 6 nitrogen and oxygen atoms in total. The molecule has 1 unspecified atom stereocenters. The molecule has 1 fully saturated rings. The number of aromatic nitrogens is 2. The summed E-state index contributed by atoms with van der Waals surface area (Å²) >= 11 is 0. The number of rotatable bonds is 4.